The highest BCUT2D eigenvalue weighted by atomic mass is 32.3. The lowest BCUT2D eigenvalue weighted by molar-refractivity contribution is 0.0580. The summed E-state index contributed by atoms with van der Waals surface area (Å²) in [6.07, 6.45) is 1.66. The number of methoxy groups -OCH3 is 2. The molecule has 0 aromatic heterocycles. The van der Waals surface area contributed by atoms with E-state index < -0.39 is 17.2 Å². The van der Waals surface area contributed by atoms with Crippen molar-refractivity contribution < 1.29 is 32.3 Å². The number of carbonyl (C=O) groups is 1. The Bertz CT molecular complexity index is 262. The molecule has 23 heavy (non-hydrogen) atoms. The SMILES string of the molecule is CC.CC.COC(=O)OC.COS(O)(O)NCC1CCC(C)O1. The van der Waals surface area contributed by atoms with E-state index in [1.807, 2.05) is 34.6 Å². The summed E-state index contributed by atoms with van der Waals surface area (Å²) in [7, 11) is 3.76. The molecule has 0 aliphatic carbocycles. The van der Waals surface area contributed by atoms with E-state index in [4.69, 9.17) is 13.8 Å². The molecule has 1 aliphatic heterocycles. The van der Waals surface area contributed by atoms with E-state index in [-0.39, 0.29) is 12.2 Å². The van der Waals surface area contributed by atoms with Crippen LogP contribution in [0.4, 0.5) is 4.79 Å². The predicted molar refractivity (Wildman–Crippen MR) is 93.5 cm³/mol. The molecule has 0 radical (unpaired) electrons. The van der Waals surface area contributed by atoms with Crippen LogP contribution >= 0.6 is 11.1 Å². The van der Waals surface area contributed by atoms with Gasteiger partial charge in [-0.25, -0.2) is 9.52 Å². The fraction of sp³-hybridized carbons (Fsp3) is 0.929. The fourth-order valence-corrected chi connectivity index (χ4v) is 1.90. The Kier molecular flexibility index (Phi) is 21.1. The lowest BCUT2D eigenvalue weighted by Crippen LogP contribution is -2.30. The van der Waals surface area contributed by atoms with E-state index in [1.165, 1.54) is 21.3 Å². The summed E-state index contributed by atoms with van der Waals surface area (Å²) in [6, 6.07) is 0. The molecule has 9 heteroatoms. The Hall–Kier alpha value is -0.580. The maximum absolute atomic E-state index is 9.74. The number of carbonyl (C=O) groups excluding carboxylic acids is 1. The van der Waals surface area contributed by atoms with Crippen LogP contribution in [0.15, 0.2) is 0 Å². The van der Waals surface area contributed by atoms with Gasteiger partial charge in [0.1, 0.15) is 0 Å². The lowest BCUT2D eigenvalue weighted by atomic mass is 10.2. The highest BCUT2D eigenvalue weighted by Gasteiger charge is 2.24. The third-order valence-electron chi connectivity index (χ3n) is 2.38. The number of rotatable bonds is 4. The quantitative estimate of drug-likeness (QED) is 0.649. The molecule has 0 bridgehead atoms. The molecule has 2 unspecified atom stereocenters. The Labute approximate surface area is 142 Å². The zero-order chi connectivity index (χ0) is 18.9. The maximum atomic E-state index is 9.74. The highest BCUT2D eigenvalue weighted by Crippen LogP contribution is 2.33. The number of hydrogen-bond donors (Lipinski definition) is 3. The lowest BCUT2D eigenvalue weighted by Gasteiger charge is -2.26. The summed E-state index contributed by atoms with van der Waals surface area (Å²) < 4.78 is 38.7. The fourth-order valence-electron chi connectivity index (χ4n) is 1.38. The molecule has 0 spiro atoms. The van der Waals surface area contributed by atoms with Crippen molar-refractivity contribution in [3.63, 3.8) is 0 Å². The molecule has 2 atom stereocenters. The van der Waals surface area contributed by atoms with Crippen LogP contribution in [-0.2, 0) is 18.4 Å². The Morgan fingerprint density at radius 3 is 1.87 bits per heavy atom. The first-order valence-corrected chi connectivity index (χ1v) is 9.17. The van der Waals surface area contributed by atoms with Gasteiger partial charge in [-0.3, -0.25) is 13.3 Å². The largest absolute Gasteiger partial charge is 0.507 e. The molecule has 1 rings (SSSR count). The normalized spacial score (nSPS) is 19.7. The summed E-state index contributed by atoms with van der Waals surface area (Å²) in [5, 5.41) is 0. The molecular formula is C14H35NO7S. The zero-order valence-corrected chi connectivity index (χ0v) is 16.4. The summed E-state index contributed by atoms with van der Waals surface area (Å²) in [4.78, 5) is 9.74. The number of hydrogen-bond acceptors (Lipinski definition) is 8. The van der Waals surface area contributed by atoms with Crippen LogP contribution in [0.5, 0.6) is 0 Å². The van der Waals surface area contributed by atoms with Crippen molar-refractivity contribution in [1.82, 2.24) is 4.72 Å². The summed E-state index contributed by atoms with van der Waals surface area (Å²) in [5.41, 5.74) is 0. The van der Waals surface area contributed by atoms with E-state index >= 15 is 0 Å². The van der Waals surface area contributed by atoms with Gasteiger partial charge in [-0.05, 0) is 19.8 Å². The van der Waals surface area contributed by atoms with Gasteiger partial charge < -0.3 is 14.2 Å². The van der Waals surface area contributed by atoms with Crippen LogP contribution in [0.3, 0.4) is 0 Å². The van der Waals surface area contributed by atoms with Crippen molar-refractivity contribution in [3.8, 4) is 0 Å². The van der Waals surface area contributed by atoms with Gasteiger partial charge in [0.05, 0.1) is 33.5 Å². The minimum absolute atomic E-state index is 0.0660. The molecule has 1 saturated heterocycles. The van der Waals surface area contributed by atoms with E-state index in [2.05, 4.69) is 18.4 Å². The van der Waals surface area contributed by atoms with Gasteiger partial charge in [0, 0.05) is 6.54 Å². The Morgan fingerprint density at radius 2 is 1.61 bits per heavy atom. The minimum atomic E-state index is -3.05. The Balaban J connectivity index is -0.000000338. The third-order valence-corrected chi connectivity index (χ3v) is 3.39. The van der Waals surface area contributed by atoms with E-state index in [1.54, 1.807) is 0 Å². The first-order chi connectivity index (χ1) is 10.8. The van der Waals surface area contributed by atoms with Crippen molar-refractivity contribution in [2.45, 2.75) is 59.7 Å². The van der Waals surface area contributed by atoms with Crippen molar-refractivity contribution in [2.75, 3.05) is 27.9 Å². The highest BCUT2D eigenvalue weighted by molar-refractivity contribution is 8.18. The molecule has 0 saturated carbocycles. The maximum Gasteiger partial charge on any atom is 0.507 e. The van der Waals surface area contributed by atoms with Crippen molar-refractivity contribution in [3.05, 3.63) is 0 Å². The van der Waals surface area contributed by atoms with Crippen LogP contribution in [0, 0.1) is 0 Å². The second-order valence-corrected chi connectivity index (χ2v) is 5.43. The molecule has 0 amide bonds. The average molecular weight is 362 g/mol. The summed E-state index contributed by atoms with van der Waals surface area (Å²) >= 11 is -3.05. The number of ether oxygens (including phenoxy) is 3. The van der Waals surface area contributed by atoms with E-state index in [0.29, 0.717) is 6.54 Å². The van der Waals surface area contributed by atoms with Crippen LogP contribution in [-0.4, -0.2) is 55.3 Å². The monoisotopic (exact) mass is 361 g/mol. The molecule has 0 aromatic carbocycles. The average Bonchev–Trinajstić information content (AvgIpc) is 3.02. The second-order valence-electron chi connectivity index (χ2n) is 3.82. The van der Waals surface area contributed by atoms with Gasteiger partial charge in [-0.1, -0.05) is 27.7 Å². The number of nitrogens with one attached hydrogen (secondary N) is 1. The molecule has 1 heterocycles. The van der Waals surface area contributed by atoms with Crippen LogP contribution in [0.25, 0.3) is 0 Å². The van der Waals surface area contributed by atoms with Gasteiger partial charge >= 0.3 is 6.16 Å². The Morgan fingerprint density at radius 1 is 1.13 bits per heavy atom. The van der Waals surface area contributed by atoms with E-state index in [0.717, 1.165) is 12.8 Å². The summed E-state index contributed by atoms with van der Waals surface area (Å²) in [5.74, 6) is 0. The minimum Gasteiger partial charge on any atom is -0.438 e. The van der Waals surface area contributed by atoms with Crippen LogP contribution in [0.1, 0.15) is 47.5 Å². The standard InChI is InChI=1S/C7H17NO4S.C3H6O3.2C2H6/c1-6-3-4-7(12-6)5-8-13(9,10)11-2;1-5-3(4)6-2;2*1-2/h6-10H,3-5H2,1-2H3;1-2H3;2*1-2H3. The molecule has 3 N–H and O–H groups in total. The van der Waals surface area contributed by atoms with Crippen molar-refractivity contribution >= 4 is 17.2 Å². The van der Waals surface area contributed by atoms with Crippen LogP contribution in [0.2, 0.25) is 0 Å². The third kappa shape index (κ3) is 17.6. The van der Waals surface area contributed by atoms with E-state index in [9.17, 15) is 4.79 Å². The predicted octanol–water partition coefficient (Wildman–Crippen LogP) is 3.82. The first kappa shape index (κ1) is 27.3. The molecule has 1 aliphatic rings. The van der Waals surface area contributed by atoms with Gasteiger partial charge in [-0.2, -0.15) is 0 Å². The molecular weight excluding hydrogens is 326 g/mol. The first-order valence-electron chi connectivity index (χ1n) is 7.70. The van der Waals surface area contributed by atoms with Gasteiger partial charge in [0.2, 0.25) is 0 Å². The molecule has 8 nitrogen and oxygen atoms in total. The van der Waals surface area contributed by atoms with Gasteiger partial charge in [0.25, 0.3) is 0 Å². The second kappa shape index (κ2) is 17.8. The van der Waals surface area contributed by atoms with Gasteiger partial charge in [0.15, 0.2) is 11.1 Å². The smallest absolute Gasteiger partial charge is 0.438 e. The van der Waals surface area contributed by atoms with Crippen LogP contribution < -0.4 is 4.72 Å². The topological polar surface area (TPSA) is 106 Å². The molecule has 144 valence electrons. The molecule has 1 fully saturated rings. The van der Waals surface area contributed by atoms with Crippen molar-refractivity contribution in [2.24, 2.45) is 0 Å². The molecule has 0 aromatic rings. The zero-order valence-electron chi connectivity index (χ0n) is 15.6. The van der Waals surface area contributed by atoms with Gasteiger partial charge in [-0.15, -0.1) is 0 Å². The van der Waals surface area contributed by atoms with Crippen molar-refractivity contribution in [1.29, 1.82) is 0 Å². The summed E-state index contributed by atoms with van der Waals surface area (Å²) in [6.45, 7) is 10.4.